The molecule has 0 amide bonds. The SMILES string of the molecule is CN=C(NCc1ccc(OC)cc1)NCc1cnn(C)c1. The van der Waals surface area contributed by atoms with E-state index in [1.165, 1.54) is 5.56 Å². The molecule has 0 fully saturated rings. The molecule has 112 valence electrons. The predicted molar refractivity (Wildman–Crippen MR) is 83.2 cm³/mol. The summed E-state index contributed by atoms with van der Waals surface area (Å²) in [6.45, 7) is 1.40. The van der Waals surface area contributed by atoms with Gasteiger partial charge in [0.25, 0.3) is 0 Å². The lowest BCUT2D eigenvalue weighted by molar-refractivity contribution is 0.414. The van der Waals surface area contributed by atoms with Gasteiger partial charge in [-0.1, -0.05) is 12.1 Å². The van der Waals surface area contributed by atoms with Crippen molar-refractivity contribution < 1.29 is 4.74 Å². The number of aryl methyl sites for hydroxylation is 1. The van der Waals surface area contributed by atoms with E-state index in [4.69, 9.17) is 4.74 Å². The fourth-order valence-corrected chi connectivity index (χ4v) is 1.90. The second kappa shape index (κ2) is 7.33. The average molecular weight is 287 g/mol. The molecular weight excluding hydrogens is 266 g/mol. The Kier molecular flexibility index (Phi) is 5.20. The van der Waals surface area contributed by atoms with E-state index in [0.717, 1.165) is 17.3 Å². The highest BCUT2D eigenvalue weighted by molar-refractivity contribution is 5.79. The summed E-state index contributed by atoms with van der Waals surface area (Å²) in [6.07, 6.45) is 3.81. The summed E-state index contributed by atoms with van der Waals surface area (Å²) in [5.74, 6) is 1.62. The lowest BCUT2D eigenvalue weighted by atomic mass is 10.2. The molecule has 2 rings (SSSR count). The van der Waals surface area contributed by atoms with Gasteiger partial charge in [-0.2, -0.15) is 5.10 Å². The van der Waals surface area contributed by atoms with Gasteiger partial charge in [0, 0.05) is 38.9 Å². The zero-order valence-electron chi connectivity index (χ0n) is 12.6. The van der Waals surface area contributed by atoms with Crippen molar-refractivity contribution in [2.45, 2.75) is 13.1 Å². The van der Waals surface area contributed by atoms with Crippen molar-refractivity contribution >= 4 is 5.96 Å². The van der Waals surface area contributed by atoms with Crippen molar-refractivity contribution in [1.82, 2.24) is 20.4 Å². The van der Waals surface area contributed by atoms with Crippen LogP contribution in [0.3, 0.4) is 0 Å². The fraction of sp³-hybridized carbons (Fsp3) is 0.333. The largest absolute Gasteiger partial charge is 0.497 e. The molecule has 0 aliphatic rings. The summed E-state index contributed by atoms with van der Waals surface area (Å²) in [5, 5.41) is 10.7. The zero-order chi connectivity index (χ0) is 15.1. The molecule has 1 aromatic carbocycles. The van der Waals surface area contributed by atoms with Crippen LogP contribution in [0.4, 0.5) is 0 Å². The maximum Gasteiger partial charge on any atom is 0.191 e. The minimum absolute atomic E-state index is 0.691. The van der Waals surface area contributed by atoms with Gasteiger partial charge in [0.1, 0.15) is 5.75 Å². The smallest absolute Gasteiger partial charge is 0.191 e. The van der Waals surface area contributed by atoms with Crippen LogP contribution in [0.2, 0.25) is 0 Å². The summed E-state index contributed by atoms with van der Waals surface area (Å²) >= 11 is 0. The van der Waals surface area contributed by atoms with Gasteiger partial charge in [0.2, 0.25) is 0 Å². The number of hydrogen-bond donors (Lipinski definition) is 2. The number of nitrogens with zero attached hydrogens (tertiary/aromatic N) is 3. The zero-order valence-corrected chi connectivity index (χ0v) is 12.6. The van der Waals surface area contributed by atoms with E-state index in [-0.39, 0.29) is 0 Å². The van der Waals surface area contributed by atoms with Crippen molar-refractivity contribution in [3.63, 3.8) is 0 Å². The third-order valence-electron chi connectivity index (χ3n) is 3.06. The molecule has 1 aromatic heterocycles. The summed E-state index contributed by atoms with van der Waals surface area (Å²) in [6, 6.07) is 7.95. The second-order valence-corrected chi connectivity index (χ2v) is 4.65. The van der Waals surface area contributed by atoms with Gasteiger partial charge in [-0.3, -0.25) is 9.67 Å². The number of benzene rings is 1. The number of rotatable bonds is 5. The van der Waals surface area contributed by atoms with Crippen LogP contribution in [-0.2, 0) is 20.1 Å². The summed E-state index contributed by atoms with van der Waals surface area (Å²) in [7, 11) is 5.32. The first-order valence-electron chi connectivity index (χ1n) is 6.76. The topological polar surface area (TPSA) is 63.5 Å². The van der Waals surface area contributed by atoms with E-state index in [1.807, 2.05) is 43.7 Å². The third-order valence-corrected chi connectivity index (χ3v) is 3.06. The maximum atomic E-state index is 5.14. The van der Waals surface area contributed by atoms with E-state index in [0.29, 0.717) is 13.1 Å². The highest BCUT2D eigenvalue weighted by Gasteiger charge is 2.01. The highest BCUT2D eigenvalue weighted by atomic mass is 16.5. The molecule has 0 bridgehead atoms. The molecule has 0 aliphatic carbocycles. The van der Waals surface area contributed by atoms with Crippen LogP contribution in [-0.4, -0.2) is 29.9 Å². The molecule has 1 heterocycles. The molecule has 21 heavy (non-hydrogen) atoms. The van der Waals surface area contributed by atoms with Crippen LogP contribution >= 0.6 is 0 Å². The minimum atomic E-state index is 0.691. The average Bonchev–Trinajstić information content (AvgIpc) is 2.93. The van der Waals surface area contributed by atoms with Gasteiger partial charge < -0.3 is 15.4 Å². The van der Waals surface area contributed by atoms with E-state index < -0.39 is 0 Å². The predicted octanol–water partition coefficient (Wildman–Crippen LogP) is 1.29. The number of ether oxygens (including phenoxy) is 1. The standard InChI is InChI=1S/C15H21N5O/c1-16-15(18-9-13-10-19-20(2)11-13)17-8-12-4-6-14(21-3)7-5-12/h4-7,10-11H,8-9H2,1-3H3,(H2,16,17,18). The molecule has 2 aromatic rings. The van der Waals surface area contributed by atoms with Crippen LogP contribution in [0, 0.1) is 0 Å². The Hall–Kier alpha value is -2.50. The molecule has 6 heteroatoms. The molecule has 6 nitrogen and oxygen atoms in total. The maximum absolute atomic E-state index is 5.14. The lowest BCUT2D eigenvalue weighted by Crippen LogP contribution is -2.36. The number of aromatic nitrogens is 2. The first kappa shape index (κ1) is 14.9. The molecule has 0 spiro atoms. The lowest BCUT2D eigenvalue weighted by Gasteiger charge is -2.11. The number of nitrogens with one attached hydrogen (secondary N) is 2. The summed E-state index contributed by atoms with van der Waals surface area (Å²) in [5.41, 5.74) is 2.28. The van der Waals surface area contributed by atoms with Crippen LogP contribution < -0.4 is 15.4 Å². The Balaban J connectivity index is 1.81. The third kappa shape index (κ3) is 4.52. The highest BCUT2D eigenvalue weighted by Crippen LogP contribution is 2.10. The number of methoxy groups -OCH3 is 1. The molecule has 0 radical (unpaired) electrons. The Morgan fingerprint density at radius 2 is 1.86 bits per heavy atom. The van der Waals surface area contributed by atoms with Gasteiger partial charge in [-0.15, -0.1) is 0 Å². The molecular formula is C15H21N5O. The Morgan fingerprint density at radius 1 is 1.19 bits per heavy atom. The van der Waals surface area contributed by atoms with E-state index in [9.17, 15) is 0 Å². The van der Waals surface area contributed by atoms with Gasteiger partial charge >= 0.3 is 0 Å². The summed E-state index contributed by atoms with van der Waals surface area (Å²) in [4.78, 5) is 4.20. The minimum Gasteiger partial charge on any atom is -0.497 e. The van der Waals surface area contributed by atoms with Crippen molar-refractivity contribution in [2.24, 2.45) is 12.0 Å². The first-order valence-corrected chi connectivity index (χ1v) is 6.76. The quantitative estimate of drug-likeness (QED) is 0.642. The Labute approximate surface area is 124 Å². The number of guanidine groups is 1. The van der Waals surface area contributed by atoms with Crippen LogP contribution in [0.15, 0.2) is 41.7 Å². The van der Waals surface area contributed by atoms with Gasteiger partial charge in [-0.05, 0) is 17.7 Å². The van der Waals surface area contributed by atoms with Gasteiger partial charge in [-0.25, -0.2) is 0 Å². The van der Waals surface area contributed by atoms with Crippen molar-refractivity contribution in [3.8, 4) is 5.75 Å². The summed E-state index contributed by atoms with van der Waals surface area (Å²) < 4.78 is 6.92. The fourth-order valence-electron chi connectivity index (χ4n) is 1.90. The molecule has 0 saturated carbocycles. The van der Waals surface area contributed by atoms with Crippen LogP contribution in [0.25, 0.3) is 0 Å². The Morgan fingerprint density at radius 3 is 2.38 bits per heavy atom. The van der Waals surface area contributed by atoms with Crippen LogP contribution in [0.1, 0.15) is 11.1 Å². The molecule has 0 aliphatic heterocycles. The second-order valence-electron chi connectivity index (χ2n) is 4.65. The van der Waals surface area contributed by atoms with Gasteiger partial charge in [0.05, 0.1) is 13.3 Å². The van der Waals surface area contributed by atoms with E-state index in [1.54, 1.807) is 18.8 Å². The van der Waals surface area contributed by atoms with Crippen molar-refractivity contribution in [2.75, 3.05) is 14.2 Å². The van der Waals surface area contributed by atoms with E-state index in [2.05, 4.69) is 20.7 Å². The number of aliphatic imine (C=N–C) groups is 1. The van der Waals surface area contributed by atoms with Crippen molar-refractivity contribution in [1.29, 1.82) is 0 Å². The van der Waals surface area contributed by atoms with Gasteiger partial charge in [0.15, 0.2) is 5.96 Å². The van der Waals surface area contributed by atoms with Crippen molar-refractivity contribution in [3.05, 3.63) is 47.8 Å². The molecule has 0 unspecified atom stereocenters. The first-order chi connectivity index (χ1) is 10.2. The molecule has 2 N–H and O–H groups in total. The van der Waals surface area contributed by atoms with Crippen LogP contribution in [0.5, 0.6) is 5.75 Å². The number of hydrogen-bond acceptors (Lipinski definition) is 3. The molecule has 0 atom stereocenters. The monoisotopic (exact) mass is 287 g/mol. The normalized spacial score (nSPS) is 11.3. The van der Waals surface area contributed by atoms with E-state index >= 15 is 0 Å². The Bertz CT molecular complexity index is 588. The molecule has 0 saturated heterocycles.